The molecular formula is C15H19ClN2O. The van der Waals surface area contributed by atoms with E-state index in [9.17, 15) is 4.79 Å². The Morgan fingerprint density at radius 1 is 1.21 bits per heavy atom. The summed E-state index contributed by atoms with van der Waals surface area (Å²) >= 11 is 6.06. The number of carbonyl (C=O) groups excluding carboxylic acids is 1. The number of nitrogens with zero attached hydrogens (tertiary/aromatic N) is 1. The number of piperidine rings is 1. The van der Waals surface area contributed by atoms with E-state index in [2.05, 4.69) is 10.2 Å². The van der Waals surface area contributed by atoms with E-state index in [1.807, 2.05) is 18.2 Å². The van der Waals surface area contributed by atoms with Crippen LogP contribution in [-0.4, -0.2) is 19.0 Å². The summed E-state index contributed by atoms with van der Waals surface area (Å²) in [6.07, 6.45) is 5.78. The van der Waals surface area contributed by atoms with Crippen LogP contribution < -0.4 is 10.2 Å². The summed E-state index contributed by atoms with van der Waals surface area (Å²) in [5.41, 5.74) is 1.98. The monoisotopic (exact) mass is 278 g/mol. The maximum Gasteiger partial charge on any atom is 0.227 e. The van der Waals surface area contributed by atoms with Gasteiger partial charge in [-0.25, -0.2) is 0 Å². The number of hydrogen-bond donors (Lipinski definition) is 1. The lowest BCUT2D eigenvalue weighted by Gasteiger charge is -2.30. The van der Waals surface area contributed by atoms with Gasteiger partial charge in [-0.15, -0.1) is 0 Å². The van der Waals surface area contributed by atoms with Crippen molar-refractivity contribution in [1.29, 1.82) is 0 Å². The Balaban J connectivity index is 1.82. The van der Waals surface area contributed by atoms with E-state index in [-0.39, 0.29) is 11.8 Å². The number of anilines is 2. The predicted octanol–water partition coefficient (Wildman–Crippen LogP) is 3.68. The fraction of sp³-hybridized carbons (Fsp3) is 0.533. The molecule has 1 aliphatic carbocycles. The summed E-state index contributed by atoms with van der Waals surface area (Å²) < 4.78 is 0. The molecule has 102 valence electrons. The Bertz CT molecular complexity index is 479. The molecular weight excluding hydrogens is 260 g/mol. The number of nitrogens with one attached hydrogen (secondary N) is 1. The van der Waals surface area contributed by atoms with Gasteiger partial charge in [-0.05, 0) is 50.3 Å². The first-order valence-corrected chi connectivity index (χ1v) is 7.47. The van der Waals surface area contributed by atoms with Gasteiger partial charge in [-0.3, -0.25) is 4.79 Å². The van der Waals surface area contributed by atoms with Crippen molar-refractivity contribution in [2.24, 2.45) is 5.92 Å². The first kappa shape index (κ1) is 12.8. The molecule has 1 aliphatic heterocycles. The maximum absolute atomic E-state index is 11.9. The second-order valence-electron chi connectivity index (χ2n) is 5.47. The standard InChI is InChI=1S/C15H19ClN2O/c16-12-6-7-14(18-8-2-1-3-9-18)13(10-12)17-15(19)11-4-5-11/h6-7,10-11H,1-5,8-9H2,(H,17,19). The number of rotatable bonds is 3. The minimum atomic E-state index is 0.139. The third-order valence-corrected chi connectivity index (χ3v) is 4.10. The Morgan fingerprint density at radius 3 is 2.63 bits per heavy atom. The highest BCUT2D eigenvalue weighted by molar-refractivity contribution is 6.31. The lowest BCUT2D eigenvalue weighted by atomic mass is 10.1. The van der Waals surface area contributed by atoms with Gasteiger partial charge in [0.05, 0.1) is 11.4 Å². The molecule has 0 unspecified atom stereocenters. The van der Waals surface area contributed by atoms with E-state index in [1.165, 1.54) is 19.3 Å². The lowest BCUT2D eigenvalue weighted by Crippen LogP contribution is -2.30. The maximum atomic E-state index is 11.9. The summed E-state index contributed by atoms with van der Waals surface area (Å²) in [5, 5.41) is 3.72. The van der Waals surface area contributed by atoms with E-state index < -0.39 is 0 Å². The average molecular weight is 279 g/mol. The van der Waals surface area contributed by atoms with E-state index in [4.69, 9.17) is 11.6 Å². The number of halogens is 1. The van der Waals surface area contributed by atoms with Crippen LogP contribution in [0.4, 0.5) is 11.4 Å². The van der Waals surface area contributed by atoms with E-state index in [0.29, 0.717) is 5.02 Å². The first-order valence-electron chi connectivity index (χ1n) is 7.09. The molecule has 0 aromatic heterocycles. The molecule has 0 atom stereocenters. The topological polar surface area (TPSA) is 32.3 Å². The van der Waals surface area contributed by atoms with Gasteiger partial charge < -0.3 is 10.2 Å². The Hall–Kier alpha value is -1.22. The third kappa shape index (κ3) is 3.03. The van der Waals surface area contributed by atoms with Crippen molar-refractivity contribution in [3.8, 4) is 0 Å². The number of benzene rings is 1. The fourth-order valence-electron chi connectivity index (χ4n) is 2.60. The van der Waals surface area contributed by atoms with Gasteiger partial charge in [0.25, 0.3) is 0 Å². The predicted molar refractivity (Wildman–Crippen MR) is 78.9 cm³/mol. The minimum absolute atomic E-state index is 0.139. The summed E-state index contributed by atoms with van der Waals surface area (Å²) in [6, 6.07) is 5.79. The Morgan fingerprint density at radius 2 is 1.95 bits per heavy atom. The van der Waals surface area contributed by atoms with Gasteiger partial charge >= 0.3 is 0 Å². The quantitative estimate of drug-likeness (QED) is 0.915. The van der Waals surface area contributed by atoms with Crippen LogP contribution in [0.15, 0.2) is 18.2 Å². The van der Waals surface area contributed by atoms with Crippen LogP contribution in [0.2, 0.25) is 5.02 Å². The van der Waals surface area contributed by atoms with Crippen LogP contribution in [0.1, 0.15) is 32.1 Å². The van der Waals surface area contributed by atoms with Gasteiger partial charge in [-0.2, -0.15) is 0 Å². The van der Waals surface area contributed by atoms with Crippen LogP contribution in [0, 0.1) is 5.92 Å². The highest BCUT2D eigenvalue weighted by Gasteiger charge is 2.30. The molecule has 0 radical (unpaired) electrons. The van der Waals surface area contributed by atoms with Crippen molar-refractivity contribution in [2.45, 2.75) is 32.1 Å². The van der Waals surface area contributed by atoms with Gasteiger partial charge in [0.15, 0.2) is 0 Å². The van der Waals surface area contributed by atoms with E-state index in [1.54, 1.807) is 0 Å². The van der Waals surface area contributed by atoms with Crippen molar-refractivity contribution in [3.63, 3.8) is 0 Å². The molecule has 19 heavy (non-hydrogen) atoms. The van der Waals surface area contributed by atoms with E-state index in [0.717, 1.165) is 37.3 Å². The van der Waals surface area contributed by atoms with Crippen molar-refractivity contribution >= 4 is 28.9 Å². The first-order chi connectivity index (χ1) is 9.24. The third-order valence-electron chi connectivity index (χ3n) is 3.86. The summed E-state index contributed by atoms with van der Waals surface area (Å²) in [5.74, 6) is 0.355. The number of hydrogen-bond acceptors (Lipinski definition) is 2. The molecule has 1 saturated heterocycles. The molecule has 4 heteroatoms. The summed E-state index contributed by atoms with van der Waals surface area (Å²) in [6.45, 7) is 2.13. The Kier molecular flexibility index (Phi) is 3.65. The lowest BCUT2D eigenvalue weighted by molar-refractivity contribution is -0.117. The average Bonchev–Trinajstić information content (AvgIpc) is 3.24. The molecule has 2 fully saturated rings. The molecule has 1 heterocycles. The number of carbonyl (C=O) groups is 1. The van der Waals surface area contributed by atoms with Crippen molar-refractivity contribution < 1.29 is 4.79 Å². The highest BCUT2D eigenvalue weighted by Crippen LogP contribution is 2.34. The van der Waals surface area contributed by atoms with Crippen LogP contribution in [0.3, 0.4) is 0 Å². The zero-order valence-corrected chi connectivity index (χ0v) is 11.7. The van der Waals surface area contributed by atoms with Crippen LogP contribution >= 0.6 is 11.6 Å². The van der Waals surface area contributed by atoms with Crippen LogP contribution in [-0.2, 0) is 4.79 Å². The fourth-order valence-corrected chi connectivity index (χ4v) is 2.77. The molecule has 0 spiro atoms. The second kappa shape index (κ2) is 5.41. The Labute approximate surface area is 118 Å². The molecule has 1 aromatic carbocycles. The van der Waals surface area contributed by atoms with Gasteiger partial charge in [0.2, 0.25) is 5.91 Å². The van der Waals surface area contributed by atoms with Crippen molar-refractivity contribution in [1.82, 2.24) is 0 Å². The normalized spacial score (nSPS) is 19.3. The summed E-state index contributed by atoms with van der Waals surface area (Å²) in [7, 11) is 0. The minimum Gasteiger partial charge on any atom is -0.370 e. The molecule has 1 N–H and O–H groups in total. The van der Waals surface area contributed by atoms with Crippen LogP contribution in [0.5, 0.6) is 0 Å². The molecule has 1 saturated carbocycles. The highest BCUT2D eigenvalue weighted by atomic mass is 35.5. The molecule has 0 bridgehead atoms. The molecule has 1 amide bonds. The summed E-state index contributed by atoms with van der Waals surface area (Å²) in [4.78, 5) is 14.3. The zero-order valence-electron chi connectivity index (χ0n) is 11.0. The largest absolute Gasteiger partial charge is 0.370 e. The zero-order chi connectivity index (χ0) is 13.2. The van der Waals surface area contributed by atoms with E-state index >= 15 is 0 Å². The molecule has 3 nitrogen and oxygen atoms in total. The van der Waals surface area contributed by atoms with Gasteiger partial charge in [-0.1, -0.05) is 11.6 Å². The van der Waals surface area contributed by atoms with Crippen molar-refractivity contribution in [2.75, 3.05) is 23.3 Å². The SMILES string of the molecule is O=C(Nc1cc(Cl)ccc1N1CCCCC1)C1CC1. The van der Waals surface area contributed by atoms with Crippen LogP contribution in [0.25, 0.3) is 0 Å². The number of amides is 1. The van der Waals surface area contributed by atoms with Gasteiger partial charge in [0.1, 0.15) is 0 Å². The molecule has 1 aromatic rings. The molecule has 3 rings (SSSR count). The van der Waals surface area contributed by atoms with Crippen molar-refractivity contribution in [3.05, 3.63) is 23.2 Å². The van der Waals surface area contributed by atoms with Gasteiger partial charge in [0, 0.05) is 24.0 Å². The smallest absolute Gasteiger partial charge is 0.227 e. The molecule has 2 aliphatic rings. The second-order valence-corrected chi connectivity index (χ2v) is 5.91.